The lowest BCUT2D eigenvalue weighted by Gasteiger charge is -2.30. The lowest BCUT2D eigenvalue weighted by molar-refractivity contribution is -0.138. The molecule has 4 nitrogen and oxygen atoms in total. The molecule has 116 valence electrons. The SMILES string of the molecule is Cc1ccc(NC(=O)N2CCCC(O)C2)cc1C(F)(F)F. The van der Waals surface area contributed by atoms with Crippen molar-refractivity contribution in [1.82, 2.24) is 4.90 Å². The van der Waals surface area contributed by atoms with E-state index < -0.39 is 23.9 Å². The Balaban J connectivity index is 2.11. The van der Waals surface area contributed by atoms with Crippen molar-refractivity contribution >= 4 is 11.7 Å². The maximum atomic E-state index is 12.8. The van der Waals surface area contributed by atoms with Gasteiger partial charge in [-0.2, -0.15) is 13.2 Å². The summed E-state index contributed by atoms with van der Waals surface area (Å²) in [5, 5.41) is 12.0. The summed E-state index contributed by atoms with van der Waals surface area (Å²) in [5.41, 5.74) is -0.564. The van der Waals surface area contributed by atoms with Crippen LogP contribution in [0.1, 0.15) is 24.0 Å². The van der Waals surface area contributed by atoms with Crippen molar-refractivity contribution in [3.8, 4) is 0 Å². The summed E-state index contributed by atoms with van der Waals surface area (Å²) in [7, 11) is 0. The molecule has 1 aromatic carbocycles. The maximum Gasteiger partial charge on any atom is 0.416 e. The first-order chi connectivity index (χ1) is 9.77. The third-order valence-electron chi connectivity index (χ3n) is 3.48. The van der Waals surface area contributed by atoms with Crippen molar-refractivity contribution in [3.05, 3.63) is 29.3 Å². The summed E-state index contributed by atoms with van der Waals surface area (Å²) in [6.07, 6.45) is -3.72. The molecule has 1 fully saturated rings. The van der Waals surface area contributed by atoms with Crippen LogP contribution in [0, 0.1) is 6.92 Å². The number of halogens is 3. The molecule has 1 saturated heterocycles. The van der Waals surface area contributed by atoms with E-state index in [1.54, 1.807) is 0 Å². The molecule has 1 atom stereocenters. The molecule has 0 spiro atoms. The molecule has 1 unspecified atom stereocenters. The number of aliphatic hydroxyl groups is 1. The Morgan fingerprint density at radius 2 is 2.14 bits per heavy atom. The zero-order valence-electron chi connectivity index (χ0n) is 11.6. The van der Waals surface area contributed by atoms with Crippen molar-refractivity contribution in [2.75, 3.05) is 18.4 Å². The minimum absolute atomic E-state index is 0.0954. The summed E-state index contributed by atoms with van der Waals surface area (Å²) < 4.78 is 38.4. The van der Waals surface area contributed by atoms with Gasteiger partial charge in [0.1, 0.15) is 0 Å². The van der Waals surface area contributed by atoms with Gasteiger partial charge in [0.05, 0.1) is 11.7 Å². The normalized spacial score (nSPS) is 19.5. The van der Waals surface area contributed by atoms with Crippen LogP contribution in [0.3, 0.4) is 0 Å². The predicted molar refractivity (Wildman–Crippen MR) is 72.0 cm³/mol. The number of nitrogens with one attached hydrogen (secondary N) is 1. The third-order valence-corrected chi connectivity index (χ3v) is 3.48. The average molecular weight is 302 g/mol. The van der Waals surface area contributed by atoms with Crippen LogP contribution in [0.25, 0.3) is 0 Å². The highest BCUT2D eigenvalue weighted by Crippen LogP contribution is 2.33. The Labute approximate surface area is 120 Å². The number of piperidine rings is 1. The van der Waals surface area contributed by atoms with Crippen LogP contribution in [-0.2, 0) is 6.18 Å². The van der Waals surface area contributed by atoms with Gasteiger partial charge in [-0.05, 0) is 37.5 Å². The molecule has 0 bridgehead atoms. The zero-order chi connectivity index (χ0) is 15.6. The van der Waals surface area contributed by atoms with Crippen molar-refractivity contribution in [3.63, 3.8) is 0 Å². The number of likely N-dealkylation sites (tertiary alicyclic amines) is 1. The van der Waals surface area contributed by atoms with Gasteiger partial charge in [0, 0.05) is 18.8 Å². The summed E-state index contributed by atoms with van der Waals surface area (Å²) >= 11 is 0. The van der Waals surface area contributed by atoms with Crippen molar-refractivity contribution < 1.29 is 23.1 Å². The van der Waals surface area contributed by atoms with Crippen LogP contribution in [-0.4, -0.2) is 35.2 Å². The van der Waals surface area contributed by atoms with E-state index >= 15 is 0 Å². The van der Waals surface area contributed by atoms with Gasteiger partial charge in [0.2, 0.25) is 0 Å². The molecule has 0 aliphatic carbocycles. The highest BCUT2D eigenvalue weighted by Gasteiger charge is 2.32. The number of benzene rings is 1. The summed E-state index contributed by atoms with van der Waals surface area (Å²) in [6, 6.07) is 3.19. The van der Waals surface area contributed by atoms with E-state index in [0.29, 0.717) is 19.4 Å². The second kappa shape index (κ2) is 5.93. The maximum absolute atomic E-state index is 12.8. The zero-order valence-corrected chi connectivity index (χ0v) is 11.6. The number of carbonyl (C=O) groups is 1. The highest BCUT2D eigenvalue weighted by atomic mass is 19.4. The summed E-state index contributed by atoms with van der Waals surface area (Å²) in [4.78, 5) is 13.4. The number of hydrogen-bond acceptors (Lipinski definition) is 2. The van der Waals surface area contributed by atoms with Gasteiger partial charge in [-0.3, -0.25) is 0 Å². The van der Waals surface area contributed by atoms with Crippen molar-refractivity contribution in [2.45, 2.75) is 32.0 Å². The van der Waals surface area contributed by atoms with Crippen molar-refractivity contribution in [1.29, 1.82) is 0 Å². The molecule has 2 amide bonds. The fourth-order valence-corrected chi connectivity index (χ4v) is 2.35. The number of β-amino-alcohol motifs (C(OH)–C–C–N with tert-alkyl or cyclic N) is 1. The van der Waals surface area contributed by atoms with Gasteiger partial charge in [0.15, 0.2) is 0 Å². The van der Waals surface area contributed by atoms with Crippen LogP contribution in [0.2, 0.25) is 0 Å². The molecule has 0 saturated carbocycles. The van der Waals surface area contributed by atoms with Gasteiger partial charge >= 0.3 is 12.2 Å². The Morgan fingerprint density at radius 3 is 2.76 bits per heavy atom. The molecule has 1 aromatic rings. The number of aliphatic hydroxyl groups excluding tert-OH is 1. The van der Waals surface area contributed by atoms with Crippen molar-refractivity contribution in [2.24, 2.45) is 0 Å². The van der Waals surface area contributed by atoms with Gasteiger partial charge in [-0.15, -0.1) is 0 Å². The lowest BCUT2D eigenvalue weighted by atomic mass is 10.1. The third kappa shape index (κ3) is 3.87. The van der Waals surface area contributed by atoms with E-state index in [0.717, 1.165) is 6.07 Å². The molecule has 2 rings (SSSR count). The Hall–Kier alpha value is -1.76. The Kier molecular flexibility index (Phi) is 4.41. The topological polar surface area (TPSA) is 52.6 Å². The van der Waals surface area contributed by atoms with E-state index in [2.05, 4.69) is 5.32 Å². The number of nitrogens with zero attached hydrogens (tertiary/aromatic N) is 1. The van der Waals surface area contributed by atoms with E-state index in [1.165, 1.54) is 24.0 Å². The molecule has 0 aromatic heterocycles. The molecule has 1 heterocycles. The smallest absolute Gasteiger partial charge is 0.391 e. The number of carbonyl (C=O) groups excluding carboxylic acids is 1. The van der Waals surface area contributed by atoms with Gasteiger partial charge < -0.3 is 15.3 Å². The number of urea groups is 1. The fraction of sp³-hybridized carbons (Fsp3) is 0.500. The van der Waals surface area contributed by atoms with Gasteiger partial charge in [0.25, 0.3) is 0 Å². The second-order valence-corrected chi connectivity index (χ2v) is 5.20. The van der Waals surface area contributed by atoms with E-state index in [1.807, 2.05) is 0 Å². The molecule has 7 heteroatoms. The Bertz CT molecular complexity index is 531. The van der Waals surface area contributed by atoms with E-state index in [9.17, 15) is 23.1 Å². The highest BCUT2D eigenvalue weighted by molar-refractivity contribution is 5.89. The molecular weight excluding hydrogens is 285 g/mol. The van der Waals surface area contributed by atoms with Gasteiger partial charge in [-0.1, -0.05) is 6.07 Å². The number of aryl methyl sites for hydroxylation is 1. The minimum atomic E-state index is -4.45. The first-order valence-corrected chi connectivity index (χ1v) is 6.69. The molecule has 2 N–H and O–H groups in total. The van der Waals surface area contributed by atoms with Crippen LogP contribution in [0.5, 0.6) is 0 Å². The summed E-state index contributed by atoms with van der Waals surface area (Å²) in [5.74, 6) is 0. The summed E-state index contributed by atoms with van der Waals surface area (Å²) in [6.45, 7) is 2.06. The first kappa shape index (κ1) is 15.6. The van der Waals surface area contributed by atoms with E-state index in [4.69, 9.17) is 0 Å². The standard InChI is InChI=1S/C14H17F3N2O2/c1-9-4-5-10(7-12(9)14(15,16)17)18-13(21)19-6-2-3-11(20)8-19/h4-5,7,11,20H,2-3,6,8H2,1H3,(H,18,21). The predicted octanol–water partition coefficient (Wildman–Crippen LogP) is 3.00. The van der Waals surface area contributed by atoms with Crippen LogP contribution in [0.15, 0.2) is 18.2 Å². The number of hydrogen-bond donors (Lipinski definition) is 2. The number of anilines is 1. The van der Waals surface area contributed by atoms with Gasteiger partial charge in [-0.25, -0.2) is 4.79 Å². The molecule has 1 aliphatic rings. The first-order valence-electron chi connectivity index (χ1n) is 6.69. The largest absolute Gasteiger partial charge is 0.416 e. The molecule has 21 heavy (non-hydrogen) atoms. The minimum Gasteiger partial charge on any atom is -0.391 e. The number of rotatable bonds is 1. The monoisotopic (exact) mass is 302 g/mol. The quantitative estimate of drug-likeness (QED) is 0.838. The van der Waals surface area contributed by atoms with Crippen LogP contribution >= 0.6 is 0 Å². The number of amides is 2. The molecule has 0 radical (unpaired) electrons. The fourth-order valence-electron chi connectivity index (χ4n) is 2.35. The number of alkyl halides is 3. The average Bonchev–Trinajstić information content (AvgIpc) is 2.39. The van der Waals surface area contributed by atoms with E-state index in [-0.39, 0.29) is 17.8 Å². The lowest BCUT2D eigenvalue weighted by Crippen LogP contribution is -2.44. The van der Waals surface area contributed by atoms with Crippen LogP contribution in [0.4, 0.5) is 23.7 Å². The second-order valence-electron chi connectivity index (χ2n) is 5.20. The Morgan fingerprint density at radius 1 is 1.43 bits per heavy atom. The molecular formula is C14H17F3N2O2. The van der Waals surface area contributed by atoms with Crippen LogP contribution < -0.4 is 5.32 Å². The molecule has 1 aliphatic heterocycles.